The highest BCUT2D eigenvalue weighted by atomic mass is 16.2. The first-order chi connectivity index (χ1) is 9.49. The van der Waals surface area contributed by atoms with Crippen molar-refractivity contribution in [3.63, 3.8) is 0 Å². The summed E-state index contributed by atoms with van der Waals surface area (Å²) in [4.78, 5) is 25.2. The molecule has 4 N–H and O–H groups in total. The van der Waals surface area contributed by atoms with Gasteiger partial charge in [0.05, 0.1) is 6.20 Å². The van der Waals surface area contributed by atoms with Crippen molar-refractivity contribution in [3.8, 4) is 0 Å². The average molecular weight is 273 g/mol. The normalized spacial score (nSPS) is 10.1. The summed E-state index contributed by atoms with van der Waals surface area (Å²) in [5.74, 6) is -0.811. The van der Waals surface area contributed by atoms with E-state index in [2.05, 4.69) is 15.5 Å². The van der Waals surface area contributed by atoms with Crippen molar-refractivity contribution in [3.05, 3.63) is 41.6 Å². The largest absolute Gasteiger partial charge is 0.378 e. The lowest BCUT2D eigenvalue weighted by Gasteiger charge is -2.13. The molecular weight excluding hydrogens is 258 g/mol. The quantitative estimate of drug-likeness (QED) is 0.767. The zero-order chi connectivity index (χ0) is 14.7. The number of nitrogens with zero attached hydrogens (tertiary/aromatic N) is 2. The first-order valence-electron chi connectivity index (χ1n) is 5.91. The third kappa shape index (κ3) is 2.77. The van der Waals surface area contributed by atoms with E-state index in [1.807, 2.05) is 25.1 Å². The molecule has 7 nitrogen and oxygen atoms in total. The van der Waals surface area contributed by atoms with Crippen molar-refractivity contribution >= 4 is 23.3 Å². The number of hydrogen-bond donors (Lipinski definition) is 3. The van der Waals surface area contributed by atoms with Gasteiger partial charge in [-0.3, -0.25) is 14.7 Å². The summed E-state index contributed by atoms with van der Waals surface area (Å²) in [6.45, 7) is 0. The van der Waals surface area contributed by atoms with Crippen LogP contribution in [0.25, 0.3) is 0 Å². The molecule has 2 rings (SSSR count). The number of H-pyrrole nitrogens is 1. The molecule has 0 aliphatic rings. The number of amides is 2. The van der Waals surface area contributed by atoms with Crippen LogP contribution in [0.2, 0.25) is 0 Å². The van der Waals surface area contributed by atoms with Crippen LogP contribution in [-0.4, -0.2) is 36.1 Å². The highest BCUT2D eigenvalue weighted by Gasteiger charge is 2.14. The maximum atomic E-state index is 12.1. The Labute approximate surface area is 115 Å². The predicted octanol–water partition coefficient (Wildman–Crippen LogP) is 0.827. The molecule has 7 heteroatoms. The van der Waals surface area contributed by atoms with Crippen LogP contribution in [0.15, 0.2) is 30.5 Å². The van der Waals surface area contributed by atoms with Gasteiger partial charge in [-0.2, -0.15) is 5.10 Å². The number of carbonyl (C=O) groups is 2. The van der Waals surface area contributed by atoms with Crippen LogP contribution in [0.5, 0.6) is 0 Å². The van der Waals surface area contributed by atoms with Crippen molar-refractivity contribution in [1.82, 2.24) is 10.2 Å². The summed E-state index contributed by atoms with van der Waals surface area (Å²) in [5, 5.41) is 8.80. The van der Waals surface area contributed by atoms with E-state index in [0.29, 0.717) is 5.56 Å². The monoisotopic (exact) mass is 273 g/mol. The van der Waals surface area contributed by atoms with Crippen LogP contribution in [0.4, 0.5) is 11.5 Å². The fraction of sp³-hybridized carbons (Fsp3) is 0.154. The van der Waals surface area contributed by atoms with Gasteiger partial charge in [0, 0.05) is 25.3 Å². The van der Waals surface area contributed by atoms with E-state index in [-0.39, 0.29) is 17.3 Å². The molecule has 0 fully saturated rings. The van der Waals surface area contributed by atoms with E-state index in [0.717, 1.165) is 5.69 Å². The predicted molar refractivity (Wildman–Crippen MR) is 75.8 cm³/mol. The highest BCUT2D eigenvalue weighted by Crippen LogP contribution is 2.16. The number of aromatic amines is 1. The van der Waals surface area contributed by atoms with E-state index in [4.69, 9.17) is 5.73 Å². The fourth-order valence-corrected chi connectivity index (χ4v) is 1.68. The first-order valence-corrected chi connectivity index (χ1v) is 5.91. The molecule has 1 aromatic carbocycles. The Morgan fingerprint density at radius 3 is 2.75 bits per heavy atom. The maximum Gasteiger partial charge on any atom is 0.256 e. The van der Waals surface area contributed by atoms with Gasteiger partial charge >= 0.3 is 0 Å². The smallest absolute Gasteiger partial charge is 0.256 e. The van der Waals surface area contributed by atoms with Crippen LogP contribution >= 0.6 is 0 Å². The molecule has 0 bridgehead atoms. The molecule has 2 aromatic rings. The third-order valence-electron chi connectivity index (χ3n) is 2.77. The molecule has 0 aliphatic heterocycles. The lowest BCUT2D eigenvalue weighted by atomic mass is 10.1. The Morgan fingerprint density at radius 1 is 1.35 bits per heavy atom. The second kappa shape index (κ2) is 5.43. The zero-order valence-electron chi connectivity index (χ0n) is 11.2. The molecule has 0 radical (unpaired) electrons. The van der Waals surface area contributed by atoms with Gasteiger partial charge in [-0.25, -0.2) is 0 Å². The van der Waals surface area contributed by atoms with Gasteiger partial charge in [0.2, 0.25) is 0 Å². The van der Waals surface area contributed by atoms with Gasteiger partial charge in [0.1, 0.15) is 11.4 Å². The van der Waals surface area contributed by atoms with Crippen LogP contribution in [0, 0.1) is 0 Å². The van der Waals surface area contributed by atoms with E-state index in [9.17, 15) is 9.59 Å². The Kier molecular flexibility index (Phi) is 3.69. The number of anilines is 2. The van der Waals surface area contributed by atoms with Crippen LogP contribution in [-0.2, 0) is 0 Å². The SMILES string of the molecule is CN(C)c1cccc(C(=O)Nc2[nH]ncc2C(N)=O)c1. The summed E-state index contributed by atoms with van der Waals surface area (Å²) in [6.07, 6.45) is 1.27. The maximum absolute atomic E-state index is 12.1. The van der Waals surface area contributed by atoms with E-state index in [1.54, 1.807) is 18.2 Å². The topological polar surface area (TPSA) is 104 Å². The van der Waals surface area contributed by atoms with Gasteiger partial charge in [-0.15, -0.1) is 0 Å². The molecule has 1 heterocycles. The van der Waals surface area contributed by atoms with Crippen LogP contribution in [0.3, 0.4) is 0 Å². The number of nitrogens with one attached hydrogen (secondary N) is 2. The number of aromatic nitrogens is 2. The third-order valence-corrected chi connectivity index (χ3v) is 2.77. The minimum Gasteiger partial charge on any atom is -0.378 e. The van der Waals surface area contributed by atoms with E-state index < -0.39 is 5.91 Å². The molecule has 0 aliphatic carbocycles. The Balaban J connectivity index is 2.22. The Bertz CT molecular complexity index is 648. The highest BCUT2D eigenvalue weighted by molar-refractivity contribution is 6.08. The van der Waals surface area contributed by atoms with Gasteiger partial charge in [-0.1, -0.05) is 6.07 Å². The number of rotatable bonds is 4. The molecule has 0 saturated heterocycles. The average Bonchev–Trinajstić information content (AvgIpc) is 2.87. The summed E-state index contributed by atoms with van der Waals surface area (Å²) < 4.78 is 0. The number of nitrogens with two attached hydrogens (primary N) is 1. The van der Waals surface area contributed by atoms with Crippen molar-refractivity contribution in [2.24, 2.45) is 5.73 Å². The number of primary amides is 1. The van der Waals surface area contributed by atoms with Crippen LogP contribution < -0.4 is 16.0 Å². The van der Waals surface area contributed by atoms with E-state index in [1.165, 1.54) is 6.20 Å². The number of hydrogen-bond acceptors (Lipinski definition) is 4. The van der Waals surface area contributed by atoms with Crippen molar-refractivity contribution < 1.29 is 9.59 Å². The van der Waals surface area contributed by atoms with E-state index >= 15 is 0 Å². The minimum absolute atomic E-state index is 0.141. The van der Waals surface area contributed by atoms with Crippen molar-refractivity contribution in [1.29, 1.82) is 0 Å². The fourth-order valence-electron chi connectivity index (χ4n) is 1.68. The standard InChI is InChI=1S/C13H15N5O2/c1-18(2)9-5-3-4-8(6-9)13(20)16-12-10(11(14)19)7-15-17-12/h3-7H,1-2H3,(H2,14,19)(H2,15,16,17,20). The molecular formula is C13H15N5O2. The molecule has 1 aromatic heterocycles. The molecule has 20 heavy (non-hydrogen) atoms. The van der Waals surface area contributed by atoms with Crippen LogP contribution in [0.1, 0.15) is 20.7 Å². The molecule has 0 atom stereocenters. The first kappa shape index (κ1) is 13.6. The Hall–Kier alpha value is -2.83. The lowest BCUT2D eigenvalue weighted by Crippen LogP contribution is -2.18. The second-order valence-electron chi connectivity index (χ2n) is 4.42. The number of benzene rings is 1. The van der Waals surface area contributed by atoms with Crippen molar-refractivity contribution in [2.75, 3.05) is 24.3 Å². The second-order valence-corrected chi connectivity index (χ2v) is 4.42. The number of carbonyl (C=O) groups excluding carboxylic acids is 2. The molecule has 0 saturated carbocycles. The van der Waals surface area contributed by atoms with Crippen molar-refractivity contribution in [2.45, 2.75) is 0 Å². The Morgan fingerprint density at radius 2 is 2.10 bits per heavy atom. The van der Waals surface area contributed by atoms with Gasteiger partial charge in [0.25, 0.3) is 11.8 Å². The zero-order valence-corrected chi connectivity index (χ0v) is 11.2. The molecule has 104 valence electrons. The minimum atomic E-state index is -0.656. The summed E-state index contributed by atoms with van der Waals surface area (Å²) in [7, 11) is 3.77. The molecule has 0 spiro atoms. The van der Waals surface area contributed by atoms with Gasteiger partial charge < -0.3 is 16.0 Å². The summed E-state index contributed by atoms with van der Waals surface area (Å²) in [6, 6.07) is 7.10. The lowest BCUT2D eigenvalue weighted by molar-refractivity contribution is 0.100. The summed E-state index contributed by atoms with van der Waals surface area (Å²) >= 11 is 0. The molecule has 2 amide bonds. The molecule has 0 unspecified atom stereocenters. The van der Waals surface area contributed by atoms with Gasteiger partial charge in [0.15, 0.2) is 0 Å². The van der Waals surface area contributed by atoms with Gasteiger partial charge in [-0.05, 0) is 18.2 Å². The summed E-state index contributed by atoms with van der Waals surface area (Å²) in [5.41, 5.74) is 6.69.